The van der Waals surface area contributed by atoms with Gasteiger partial charge < -0.3 is 0 Å². The fourth-order valence-electron chi connectivity index (χ4n) is 0.553. The van der Waals surface area contributed by atoms with Gasteiger partial charge in [0.1, 0.15) is 0 Å². The molecule has 0 saturated carbocycles. The minimum atomic E-state index is -6.82. The zero-order valence-corrected chi connectivity index (χ0v) is 10.1. The van der Waals surface area contributed by atoms with Crippen LogP contribution >= 0.6 is 46.4 Å². The molecule has 12 heteroatoms. The Kier molecular flexibility index (Phi) is 4.47. The van der Waals surface area contributed by atoms with E-state index in [1.165, 1.54) is 0 Å². The van der Waals surface area contributed by atoms with Crippen molar-refractivity contribution in [2.45, 2.75) is 26.9 Å². The quantitative estimate of drug-likeness (QED) is 0.479. The monoisotopic (exact) mass is 352 g/mol. The van der Waals surface area contributed by atoms with Gasteiger partial charge in [-0.15, -0.1) is 0 Å². The predicted molar refractivity (Wildman–Crippen MR) is 45.9 cm³/mol. The maximum atomic E-state index is 13.0. The summed E-state index contributed by atoms with van der Waals surface area (Å²) in [5, 5.41) is -5.26. The molecule has 0 saturated heterocycles. The Hall–Kier alpha value is 0.600. The van der Waals surface area contributed by atoms with Crippen LogP contribution in [0.1, 0.15) is 0 Å². The van der Waals surface area contributed by atoms with Gasteiger partial charge in [0, 0.05) is 0 Å². The van der Waals surface area contributed by atoms with Crippen LogP contribution in [0.15, 0.2) is 0 Å². The van der Waals surface area contributed by atoms with Gasteiger partial charge in [-0.25, -0.2) is 4.39 Å². The molecule has 0 bridgehead atoms. The van der Waals surface area contributed by atoms with E-state index in [4.69, 9.17) is 0 Å². The van der Waals surface area contributed by atoms with Gasteiger partial charge in [0.15, 0.2) is 0 Å². The molecule has 0 aromatic carbocycles. The summed E-state index contributed by atoms with van der Waals surface area (Å²) in [6.07, 6.45) is -6.78. The van der Waals surface area contributed by atoms with Crippen molar-refractivity contribution in [2.75, 3.05) is 0 Å². The Bertz CT molecular complexity index is 261. The van der Waals surface area contributed by atoms with Crippen LogP contribution in [0.5, 0.6) is 0 Å². The van der Waals surface area contributed by atoms with Crippen molar-refractivity contribution in [3.63, 3.8) is 0 Å². The highest BCUT2D eigenvalue weighted by Crippen LogP contribution is 2.60. The number of hydrogen-bond acceptors (Lipinski definition) is 0. The summed E-state index contributed by atoms with van der Waals surface area (Å²) in [5.41, 5.74) is 0. The maximum Gasteiger partial charge on any atom is 0.460 e. The van der Waals surface area contributed by atoms with Gasteiger partial charge in [-0.05, 0) is 0 Å². The third kappa shape index (κ3) is 2.64. The third-order valence-corrected chi connectivity index (χ3v) is 3.09. The molecule has 0 heterocycles. The molecule has 17 heavy (non-hydrogen) atoms. The lowest BCUT2D eigenvalue weighted by molar-refractivity contribution is -0.370. The van der Waals surface area contributed by atoms with Crippen LogP contribution in [0, 0.1) is 0 Å². The van der Waals surface area contributed by atoms with E-state index in [-0.39, 0.29) is 0 Å². The summed E-state index contributed by atoms with van der Waals surface area (Å²) in [6, 6.07) is 0. The predicted octanol–water partition coefficient (Wildman–Crippen LogP) is 5.09. The summed E-state index contributed by atoms with van der Waals surface area (Å²) in [4.78, 5) is 0. The van der Waals surface area contributed by atoms with E-state index < -0.39 is 26.9 Å². The number of hydrogen-bond donors (Lipinski definition) is 0. The van der Waals surface area contributed by atoms with E-state index in [1.54, 1.807) is 0 Å². The van der Waals surface area contributed by atoms with E-state index in [0.29, 0.717) is 0 Å². The van der Waals surface area contributed by atoms with Gasteiger partial charge in [-0.3, -0.25) is 0 Å². The molecule has 0 aliphatic carbocycles. The molecular formula is C5Cl4F8. The Morgan fingerprint density at radius 3 is 1.00 bits per heavy atom. The first-order chi connectivity index (χ1) is 7.00. The standard InChI is InChI=1S/C5Cl4F8/c6-1(10,4(7,8)9)2(11,12)3(13,14)5(15,16)17. The minimum Gasteiger partial charge on any atom is -0.214 e. The van der Waals surface area contributed by atoms with Gasteiger partial charge in [-0.2, -0.15) is 30.7 Å². The lowest BCUT2D eigenvalue weighted by atomic mass is 10.1. The number of alkyl halides is 12. The summed E-state index contributed by atoms with van der Waals surface area (Å²) >= 11 is 17.7. The van der Waals surface area contributed by atoms with E-state index in [2.05, 4.69) is 46.4 Å². The molecule has 0 nitrogen and oxygen atoms in total. The lowest BCUT2D eigenvalue weighted by Gasteiger charge is -2.37. The largest absolute Gasteiger partial charge is 0.460 e. The summed E-state index contributed by atoms with van der Waals surface area (Å²) in [7, 11) is 0. The Labute approximate surface area is 109 Å². The van der Waals surface area contributed by atoms with Crippen molar-refractivity contribution in [3.8, 4) is 0 Å². The van der Waals surface area contributed by atoms with Crippen molar-refractivity contribution in [1.82, 2.24) is 0 Å². The van der Waals surface area contributed by atoms with E-state index in [1.807, 2.05) is 0 Å². The average Bonchev–Trinajstić information content (AvgIpc) is 1.98. The van der Waals surface area contributed by atoms with Crippen molar-refractivity contribution in [2.24, 2.45) is 0 Å². The van der Waals surface area contributed by atoms with Crippen LogP contribution in [-0.4, -0.2) is 26.9 Å². The maximum absolute atomic E-state index is 13.0. The van der Waals surface area contributed by atoms with Crippen LogP contribution < -0.4 is 0 Å². The first-order valence-electron chi connectivity index (χ1n) is 3.27. The second-order valence-corrected chi connectivity index (χ2v) is 5.52. The van der Waals surface area contributed by atoms with E-state index in [9.17, 15) is 35.1 Å². The molecule has 0 fully saturated rings. The highest BCUT2D eigenvalue weighted by Gasteiger charge is 2.84. The topological polar surface area (TPSA) is 0 Å². The highest BCUT2D eigenvalue weighted by molar-refractivity contribution is 6.70. The van der Waals surface area contributed by atoms with Crippen molar-refractivity contribution in [1.29, 1.82) is 0 Å². The SMILES string of the molecule is FC(F)(F)C(F)(F)C(F)(F)C(F)(Cl)C(Cl)(Cl)Cl. The van der Waals surface area contributed by atoms with Gasteiger partial charge in [-0.1, -0.05) is 46.4 Å². The first kappa shape index (κ1) is 17.6. The van der Waals surface area contributed by atoms with E-state index >= 15 is 0 Å². The molecule has 0 spiro atoms. The molecular weight excluding hydrogens is 354 g/mol. The van der Waals surface area contributed by atoms with Crippen LogP contribution in [-0.2, 0) is 0 Å². The molecule has 1 unspecified atom stereocenters. The van der Waals surface area contributed by atoms with Gasteiger partial charge >= 0.3 is 18.0 Å². The Morgan fingerprint density at radius 1 is 0.529 bits per heavy atom. The molecule has 104 valence electrons. The summed E-state index contributed by atoms with van der Waals surface area (Å²) < 4.78 is 94.3. The second kappa shape index (κ2) is 4.31. The van der Waals surface area contributed by atoms with E-state index in [0.717, 1.165) is 0 Å². The Morgan fingerprint density at radius 2 is 0.824 bits per heavy atom. The van der Waals surface area contributed by atoms with Gasteiger partial charge in [0.05, 0.1) is 0 Å². The highest BCUT2D eigenvalue weighted by atomic mass is 35.6. The number of halogens is 12. The summed E-state index contributed by atoms with van der Waals surface area (Å²) in [5.74, 6) is -13.3. The molecule has 0 amide bonds. The second-order valence-electron chi connectivity index (χ2n) is 2.72. The fourth-order valence-corrected chi connectivity index (χ4v) is 1.03. The van der Waals surface area contributed by atoms with Gasteiger partial charge in [0.25, 0.3) is 5.13 Å². The molecule has 0 rings (SSSR count). The van der Waals surface area contributed by atoms with Crippen LogP contribution in [0.3, 0.4) is 0 Å². The van der Waals surface area contributed by atoms with Gasteiger partial charge in [0.2, 0.25) is 3.79 Å². The van der Waals surface area contributed by atoms with Crippen LogP contribution in [0.2, 0.25) is 0 Å². The molecule has 1 atom stereocenters. The molecule has 0 radical (unpaired) electrons. The lowest BCUT2D eigenvalue weighted by Crippen LogP contribution is -2.64. The normalized spacial score (nSPS) is 19.1. The molecule has 0 aromatic rings. The van der Waals surface area contributed by atoms with Crippen molar-refractivity contribution in [3.05, 3.63) is 0 Å². The average molecular weight is 354 g/mol. The first-order valence-corrected chi connectivity index (χ1v) is 4.78. The zero-order chi connectivity index (χ0) is 14.5. The molecule has 0 aliphatic heterocycles. The zero-order valence-electron chi connectivity index (χ0n) is 7.04. The van der Waals surface area contributed by atoms with Crippen LogP contribution in [0.25, 0.3) is 0 Å². The molecule has 0 N–H and O–H groups in total. The fraction of sp³-hybridized carbons (Fsp3) is 1.00. The number of rotatable bonds is 2. The Balaban J connectivity index is 5.73. The van der Waals surface area contributed by atoms with Crippen molar-refractivity contribution < 1.29 is 35.1 Å². The minimum absolute atomic E-state index is 3.91. The third-order valence-electron chi connectivity index (χ3n) is 1.50. The molecule has 0 aliphatic rings. The van der Waals surface area contributed by atoms with Crippen LogP contribution in [0.4, 0.5) is 35.1 Å². The molecule has 0 aromatic heterocycles. The smallest absolute Gasteiger partial charge is 0.214 e. The van der Waals surface area contributed by atoms with Crippen molar-refractivity contribution >= 4 is 46.4 Å². The summed E-state index contributed by atoms with van der Waals surface area (Å²) in [6.45, 7) is 0.